The first-order valence-electron chi connectivity index (χ1n) is 8.63. The number of aromatic nitrogens is 3. The van der Waals surface area contributed by atoms with Crippen molar-refractivity contribution in [1.29, 1.82) is 0 Å². The van der Waals surface area contributed by atoms with Gasteiger partial charge in [-0.25, -0.2) is 9.36 Å². The van der Waals surface area contributed by atoms with Crippen LogP contribution >= 0.6 is 22.9 Å². The molecule has 1 aliphatic rings. The van der Waals surface area contributed by atoms with Gasteiger partial charge in [-0.05, 0) is 42.5 Å². The number of benzene rings is 1. The van der Waals surface area contributed by atoms with Crippen LogP contribution in [0.5, 0.6) is 0 Å². The van der Waals surface area contributed by atoms with E-state index in [2.05, 4.69) is 9.97 Å². The number of nitrogens with one attached hydrogen (secondary N) is 1. The number of fused-ring (bicyclic) bond motifs is 2. The van der Waals surface area contributed by atoms with Crippen molar-refractivity contribution >= 4 is 33.2 Å². The molecule has 0 atom stereocenters. The van der Waals surface area contributed by atoms with Crippen molar-refractivity contribution in [1.82, 2.24) is 14.5 Å². The molecule has 0 amide bonds. The molecule has 0 fully saturated rings. The summed E-state index contributed by atoms with van der Waals surface area (Å²) in [6.07, 6.45) is 6.23. The van der Waals surface area contributed by atoms with Crippen LogP contribution in [0.25, 0.3) is 26.3 Å². The van der Waals surface area contributed by atoms with Gasteiger partial charge in [0.2, 0.25) is 0 Å². The van der Waals surface area contributed by atoms with Crippen LogP contribution < -0.4 is 11.2 Å². The summed E-state index contributed by atoms with van der Waals surface area (Å²) in [5.74, 6) is 0. The number of hydrogen-bond acceptors (Lipinski definition) is 4. The molecule has 4 aromatic rings. The molecule has 3 aromatic heterocycles. The van der Waals surface area contributed by atoms with Crippen LogP contribution in [0.4, 0.5) is 0 Å². The lowest BCUT2D eigenvalue weighted by atomic mass is 10.1. The normalized spacial score (nSPS) is 13.2. The van der Waals surface area contributed by atoms with Gasteiger partial charge in [0.15, 0.2) is 0 Å². The summed E-state index contributed by atoms with van der Waals surface area (Å²) in [4.78, 5) is 33.8. The molecule has 0 radical (unpaired) electrons. The highest BCUT2D eigenvalue weighted by atomic mass is 35.5. The van der Waals surface area contributed by atoms with E-state index in [4.69, 9.17) is 11.6 Å². The Kier molecular flexibility index (Phi) is 3.77. The first-order valence-corrected chi connectivity index (χ1v) is 9.83. The van der Waals surface area contributed by atoms with Crippen LogP contribution in [0.15, 0.2) is 52.3 Å². The van der Waals surface area contributed by atoms with E-state index in [-0.39, 0.29) is 5.56 Å². The summed E-state index contributed by atoms with van der Waals surface area (Å²) in [5.41, 5.74) is 3.35. The van der Waals surface area contributed by atoms with Crippen LogP contribution in [0.1, 0.15) is 17.5 Å². The van der Waals surface area contributed by atoms with Gasteiger partial charge < -0.3 is 4.98 Å². The molecular weight excluding hydrogens is 382 g/mol. The Morgan fingerprint density at radius 2 is 2.00 bits per heavy atom. The maximum absolute atomic E-state index is 13.2. The Balaban J connectivity index is 1.77. The standard InChI is InChI=1S/C20H14ClN3O2S/c21-14-7-2-1-5-13(14)17-8-15-18(27-17)19(25)24(20(26)23-15)16-10-22-9-11-4-3-6-12(11)16/h1-2,5,7-10H,3-4,6H2,(H,23,26). The topological polar surface area (TPSA) is 67.8 Å². The second kappa shape index (κ2) is 6.18. The van der Waals surface area contributed by atoms with Gasteiger partial charge in [-0.2, -0.15) is 0 Å². The average molecular weight is 396 g/mol. The molecule has 5 nitrogen and oxygen atoms in total. The quantitative estimate of drug-likeness (QED) is 0.559. The molecule has 0 unspecified atom stereocenters. The van der Waals surface area contributed by atoms with E-state index in [0.717, 1.165) is 40.8 Å². The first kappa shape index (κ1) is 16.5. The van der Waals surface area contributed by atoms with Crippen molar-refractivity contribution in [3.63, 3.8) is 0 Å². The highest BCUT2D eigenvalue weighted by Gasteiger charge is 2.20. The van der Waals surface area contributed by atoms with Crippen molar-refractivity contribution in [3.05, 3.63) is 79.7 Å². The van der Waals surface area contributed by atoms with E-state index in [1.807, 2.05) is 30.5 Å². The third kappa shape index (κ3) is 2.56. The number of hydrogen-bond donors (Lipinski definition) is 1. The molecule has 7 heteroatoms. The number of thiophene rings is 1. The lowest BCUT2D eigenvalue weighted by Gasteiger charge is -2.09. The third-order valence-corrected chi connectivity index (χ3v) is 6.44. The van der Waals surface area contributed by atoms with Crippen molar-refractivity contribution in [2.45, 2.75) is 19.3 Å². The van der Waals surface area contributed by atoms with Crippen LogP contribution in [0.2, 0.25) is 5.02 Å². The molecular formula is C20H14ClN3O2S. The van der Waals surface area contributed by atoms with Gasteiger partial charge >= 0.3 is 5.69 Å². The van der Waals surface area contributed by atoms with E-state index in [1.54, 1.807) is 12.3 Å². The summed E-state index contributed by atoms with van der Waals surface area (Å²) < 4.78 is 1.71. The zero-order chi connectivity index (χ0) is 18.5. The van der Waals surface area contributed by atoms with E-state index in [1.165, 1.54) is 15.9 Å². The fourth-order valence-electron chi connectivity index (χ4n) is 3.69. The average Bonchev–Trinajstić information content (AvgIpc) is 3.29. The molecule has 0 spiro atoms. The number of halogens is 1. The monoisotopic (exact) mass is 395 g/mol. The Bertz CT molecular complexity index is 1320. The van der Waals surface area contributed by atoms with Crippen molar-refractivity contribution < 1.29 is 0 Å². The smallest absolute Gasteiger partial charge is 0.306 e. The van der Waals surface area contributed by atoms with Gasteiger partial charge in [0.25, 0.3) is 5.56 Å². The van der Waals surface area contributed by atoms with Crippen LogP contribution in [0, 0.1) is 0 Å². The molecule has 0 bridgehead atoms. The van der Waals surface area contributed by atoms with Gasteiger partial charge in [-0.1, -0.05) is 29.8 Å². The minimum absolute atomic E-state index is 0.320. The van der Waals surface area contributed by atoms with E-state index in [9.17, 15) is 9.59 Å². The predicted octanol–water partition coefficient (Wildman–Crippen LogP) is 3.94. The van der Waals surface area contributed by atoms with Crippen LogP contribution in [-0.2, 0) is 12.8 Å². The van der Waals surface area contributed by atoms with Gasteiger partial charge in [0.05, 0.1) is 17.4 Å². The number of aryl methyl sites for hydroxylation is 1. The highest BCUT2D eigenvalue weighted by Crippen LogP contribution is 2.35. The Morgan fingerprint density at radius 1 is 1.15 bits per heavy atom. The SMILES string of the molecule is O=c1[nH]c2cc(-c3ccccc3Cl)sc2c(=O)n1-c1cncc2c1CCC2. The minimum Gasteiger partial charge on any atom is -0.306 e. The number of nitrogens with zero attached hydrogens (tertiary/aromatic N) is 2. The lowest BCUT2D eigenvalue weighted by Crippen LogP contribution is -2.33. The fourth-order valence-corrected chi connectivity index (χ4v) is 5.07. The number of H-pyrrole nitrogens is 1. The highest BCUT2D eigenvalue weighted by molar-refractivity contribution is 7.22. The Hall–Kier alpha value is -2.70. The van der Waals surface area contributed by atoms with Gasteiger partial charge in [-0.3, -0.25) is 9.78 Å². The van der Waals surface area contributed by atoms with E-state index >= 15 is 0 Å². The Labute approximate surface area is 162 Å². The lowest BCUT2D eigenvalue weighted by molar-refractivity contribution is 0.870. The molecule has 5 rings (SSSR count). The zero-order valence-electron chi connectivity index (χ0n) is 14.2. The molecule has 0 aliphatic heterocycles. The van der Waals surface area contributed by atoms with Crippen molar-refractivity contribution in [2.24, 2.45) is 0 Å². The molecule has 27 heavy (non-hydrogen) atoms. The number of pyridine rings is 1. The molecule has 0 saturated carbocycles. The summed E-state index contributed by atoms with van der Waals surface area (Å²) >= 11 is 7.63. The van der Waals surface area contributed by atoms with Crippen molar-refractivity contribution in [2.75, 3.05) is 0 Å². The summed E-state index contributed by atoms with van der Waals surface area (Å²) in [6, 6.07) is 9.27. The molecule has 1 N–H and O–H groups in total. The van der Waals surface area contributed by atoms with Gasteiger partial charge in [0, 0.05) is 21.7 Å². The molecule has 1 aliphatic carbocycles. The first-order chi connectivity index (χ1) is 13.1. The van der Waals surface area contributed by atoms with E-state index < -0.39 is 5.69 Å². The van der Waals surface area contributed by atoms with Crippen LogP contribution in [-0.4, -0.2) is 14.5 Å². The van der Waals surface area contributed by atoms with E-state index in [0.29, 0.717) is 20.9 Å². The van der Waals surface area contributed by atoms with Gasteiger partial charge in [0.1, 0.15) is 4.70 Å². The predicted molar refractivity (Wildman–Crippen MR) is 108 cm³/mol. The zero-order valence-corrected chi connectivity index (χ0v) is 15.7. The number of rotatable bonds is 2. The molecule has 0 saturated heterocycles. The second-order valence-electron chi connectivity index (χ2n) is 6.55. The number of aromatic amines is 1. The summed E-state index contributed by atoms with van der Waals surface area (Å²) in [6.45, 7) is 0. The van der Waals surface area contributed by atoms with Gasteiger partial charge in [-0.15, -0.1) is 11.3 Å². The second-order valence-corrected chi connectivity index (χ2v) is 8.01. The Morgan fingerprint density at radius 3 is 2.85 bits per heavy atom. The van der Waals surface area contributed by atoms with Crippen molar-refractivity contribution in [3.8, 4) is 16.1 Å². The third-order valence-electron chi connectivity index (χ3n) is 4.95. The molecule has 3 heterocycles. The maximum Gasteiger partial charge on any atom is 0.333 e. The minimum atomic E-state index is -0.446. The molecule has 1 aromatic carbocycles. The largest absolute Gasteiger partial charge is 0.333 e. The fraction of sp³-hybridized carbons (Fsp3) is 0.150. The summed E-state index contributed by atoms with van der Waals surface area (Å²) in [7, 11) is 0. The molecule has 134 valence electrons. The van der Waals surface area contributed by atoms with Crippen LogP contribution in [0.3, 0.4) is 0 Å². The maximum atomic E-state index is 13.2. The summed E-state index contributed by atoms with van der Waals surface area (Å²) in [5, 5.41) is 0.608.